The van der Waals surface area contributed by atoms with Gasteiger partial charge in [0, 0.05) is 26.0 Å². The summed E-state index contributed by atoms with van der Waals surface area (Å²) in [5.41, 5.74) is 3.00. The zero-order valence-electron chi connectivity index (χ0n) is 19.0. The van der Waals surface area contributed by atoms with Gasteiger partial charge in [0.1, 0.15) is 10.9 Å². The van der Waals surface area contributed by atoms with Crippen molar-refractivity contribution >= 4 is 31.9 Å². The number of hydroxylamine groups is 1. The highest BCUT2D eigenvalue weighted by atomic mass is 32.2. The maximum Gasteiger partial charge on any atom is 0.269 e. The standard InChI is InChI=1S/C23H22N4O7S2/c1-26(35(31,32)18-8-6-16(7-9-18)17-10-13-24-14-11-17)20(22(28)25-30)12-15-27-23(29)19-4-2-3-5-21(19)36(27,33)34/h2-11,13-14,20,30H,12,15H2,1H3,(H,25,28). The molecule has 0 fully saturated rings. The van der Waals surface area contributed by atoms with E-state index in [0.29, 0.717) is 4.31 Å². The molecule has 1 atom stereocenters. The molecule has 0 spiro atoms. The second kappa shape index (κ2) is 9.78. The van der Waals surface area contributed by atoms with Crippen LogP contribution in [-0.4, -0.2) is 67.1 Å². The third kappa shape index (κ3) is 4.48. The average Bonchev–Trinajstić information content (AvgIpc) is 3.09. The molecule has 1 aliphatic rings. The number of carbonyl (C=O) groups is 2. The van der Waals surface area contributed by atoms with Gasteiger partial charge in [-0.15, -0.1) is 0 Å². The number of hydrogen-bond acceptors (Lipinski definition) is 8. The molecule has 1 aromatic heterocycles. The van der Waals surface area contributed by atoms with Crippen LogP contribution in [0, 0.1) is 0 Å². The Kier molecular flexibility index (Phi) is 6.91. The van der Waals surface area contributed by atoms with E-state index in [1.54, 1.807) is 36.7 Å². The maximum atomic E-state index is 13.3. The fraction of sp³-hybridized carbons (Fsp3) is 0.174. The smallest absolute Gasteiger partial charge is 0.269 e. The zero-order chi connectivity index (χ0) is 26.1. The van der Waals surface area contributed by atoms with E-state index >= 15 is 0 Å². The number of amides is 2. The number of nitrogens with one attached hydrogen (secondary N) is 1. The van der Waals surface area contributed by atoms with Crippen LogP contribution in [0.3, 0.4) is 0 Å². The van der Waals surface area contributed by atoms with E-state index in [1.165, 1.54) is 41.9 Å². The molecular weight excluding hydrogens is 508 g/mol. The summed E-state index contributed by atoms with van der Waals surface area (Å²) in [6.07, 6.45) is 2.82. The van der Waals surface area contributed by atoms with Gasteiger partial charge < -0.3 is 0 Å². The first kappa shape index (κ1) is 25.4. The molecule has 0 aliphatic carbocycles. The van der Waals surface area contributed by atoms with Crippen molar-refractivity contribution in [2.45, 2.75) is 22.3 Å². The molecule has 0 bridgehead atoms. The molecule has 0 saturated heterocycles. The molecule has 36 heavy (non-hydrogen) atoms. The van der Waals surface area contributed by atoms with E-state index in [4.69, 9.17) is 0 Å². The monoisotopic (exact) mass is 530 g/mol. The van der Waals surface area contributed by atoms with Crippen molar-refractivity contribution < 1.29 is 31.6 Å². The Bertz CT molecular complexity index is 1510. The number of hydrogen-bond donors (Lipinski definition) is 2. The minimum Gasteiger partial charge on any atom is -0.289 e. The number of likely N-dealkylation sites (N-methyl/N-ethyl adjacent to an activating group) is 1. The number of fused-ring (bicyclic) bond motifs is 1. The Balaban J connectivity index is 1.57. The molecule has 0 radical (unpaired) electrons. The molecule has 3 aromatic rings. The summed E-state index contributed by atoms with van der Waals surface area (Å²) in [5.74, 6) is -1.85. The van der Waals surface area contributed by atoms with Crippen LogP contribution in [0.2, 0.25) is 0 Å². The topological polar surface area (TPSA) is 154 Å². The Morgan fingerprint density at radius 2 is 1.67 bits per heavy atom. The van der Waals surface area contributed by atoms with E-state index in [-0.39, 0.29) is 15.4 Å². The van der Waals surface area contributed by atoms with Gasteiger partial charge in [0.25, 0.3) is 21.8 Å². The first-order valence-corrected chi connectivity index (χ1v) is 13.6. The summed E-state index contributed by atoms with van der Waals surface area (Å²) in [7, 11) is -7.25. The second-order valence-electron chi connectivity index (χ2n) is 7.94. The molecule has 4 rings (SSSR count). The minimum atomic E-state index is -4.24. The lowest BCUT2D eigenvalue weighted by molar-refractivity contribution is -0.133. The van der Waals surface area contributed by atoms with Crippen LogP contribution in [0.15, 0.2) is 82.8 Å². The largest absolute Gasteiger partial charge is 0.289 e. The second-order valence-corrected chi connectivity index (χ2v) is 11.8. The molecule has 13 heteroatoms. The normalized spacial score (nSPS) is 15.5. The zero-order valence-corrected chi connectivity index (χ0v) is 20.6. The van der Waals surface area contributed by atoms with Crippen LogP contribution in [-0.2, 0) is 24.8 Å². The van der Waals surface area contributed by atoms with Crippen LogP contribution in [0.4, 0.5) is 0 Å². The van der Waals surface area contributed by atoms with Gasteiger partial charge >= 0.3 is 0 Å². The molecule has 188 valence electrons. The van der Waals surface area contributed by atoms with E-state index in [1.807, 2.05) is 0 Å². The first-order valence-electron chi connectivity index (χ1n) is 10.7. The minimum absolute atomic E-state index is 0.00378. The average molecular weight is 531 g/mol. The van der Waals surface area contributed by atoms with Gasteiger partial charge in [0.15, 0.2) is 0 Å². The van der Waals surface area contributed by atoms with Crippen LogP contribution in [0.1, 0.15) is 16.8 Å². The van der Waals surface area contributed by atoms with Gasteiger partial charge in [0.2, 0.25) is 10.0 Å². The van der Waals surface area contributed by atoms with Crippen molar-refractivity contribution in [3.8, 4) is 11.1 Å². The van der Waals surface area contributed by atoms with E-state index in [0.717, 1.165) is 22.5 Å². The Labute approximate surface area is 208 Å². The van der Waals surface area contributed by atoms with Crippen molar-refractivity contribution in [1.29, 1.82) is 0 Å². The Morgan fingerprint density at radius 1 is 1.06 bits per heavy atom. The van der Waals surface area contributed by atoms with Crippen molar-refractivity contribution in [2.24, 2.45) is 0 Å². The molecule has 1 unspecified atom stereocenters. The van der Waals surface area contributed by atoms with E-state index in [9.17, 15) is 31.6 Å². The molecule has 2 amide bonds. The highest BCUT2D eigenvalue weighted by molar-refractivity contribution is 7.90. The lowest BCUT2D eigenvalue weighted by Crippen LogP contribution is -2.48. The van der Waals surface area contributed by atoms with Gasteiger partial charge in [-0.1, -0.05) is 24.3 Å². The van der Waals surface area contributed by atoms with Crippen molar-refractivity contribution in [1.82, 2.24) is 19.1 Å². The summed E-state index contributed by atoms with van der Waals surface area (Å²) in [5, 5.41) is 9.22. The third-order valence-corrected chi connectivity index (χ3v) is 9.64. The van der Waals surface area contributed by atoms with Crippen molar-refractivity contribution in [3.05, 3.63) is 78.6 Å². The Morgan fingerprint density at radius 3 is 2.28 bits per heavy atom. The lowest BCUT2D eigenvalue weighted by Gasteiger charge is -2.27. The number of rotatable bonds is 8. The van der Waals surface area contributed by atoms with E-state index in [2.05, 4.69) is 4.98 Å². The highest BCUT2D eigenvalue weighted by Gasteiger charge is 2.42. The number of nitrogens with zero attached hydrogens (tertiary/aromatic N) is 3. The van der Waals surface area contributed by atoms with Crippen LogP contribution >= 0.6 is 0 Å². The molecule has 0 saturated carbocycles. The fourth-order valence-electron chi connectivity index (χ4n) is 3.94. The first-order chi connectivity index (χ1) is 17.1. The summed E-state index contributed by atoms with van der Waals surface area (Å²) < 4.78 is 53.5. The van der Waals surface area contributed by atoms with Gasteiger partial charge in [-0.3, -0.25) is 19.8 Å². The van der Waals surface area contributed by atoms with Crippen LogP contribution < -0.4 is 5.48 Å². The number of benzene rings is 2. The van der Waals surface area contributed by atoms with Gasteiger partial charge in [0.05, 0.1) is 10.5 Å². The number of sulfonamides is 2. The quantitative estimate of drug-likeness (QED) is 0.328. The predicted octanol–water partition coefficient (Wildman–Crippen LogP) is 1.48. The molecule has 2 aromatic carbocycles. The van der Waals surface area contributed by atoms with Crippen LogP contribution in [0.5, 0.6) is 0 Å². The summed E-state index contributed by atoms with van der Waals surface area (Å²) in [6, 6.07) is 13.7. The third-order valence-electron chi connectivity index (χ3n) is 5.91. The summed E-state index contributed by atoms with van der Waals surface area (Å²) in [4.78, 5) is 28.7. The number of carbonyl (C=O) groups excluding carboxylic acids is 2. The van der Waals surface area contributed by atoms with Gasteiger partial charge in [-0.2, -0.15) is 4.31 Å². The van der Waals surface area contributed by atoms with E-state index < -0.39 is 50.9 Å². The van der Waals surface area contributed by atoms with Crippen molar-refractivity contribution in [2.75, 3.05) is 13.6 Å². The summed E-state index contributed by atoms with van der Waals surface area (Å²) in [6.45, 7) is -0.477. The highest BCUT2D eigenvalue weighted by Crippen LogP contribution is 2.31. The molecule has 2 heterocycles. The fourth-order valence-corrected chi connectivity index (χ4v) is 6.87. The number of aromatic nitrogens is 1. The Hall–Kier alpha value is -3.65. The SMILES string of the molecule is CN(C(CCN1C(=O)c2ccccc2S1(=O)=O)C(=O)NO)S(=O)(=O)c1ccc(-c2ccncc2)cc1. The van der Waals surface area contributed by atoms with Crippen molar-refractivity contribution in [3.63, 3.8) is 0 Å². The molecule has 1 aliphatic heterocycles. The number of pyridine rings is 1. The summed E-state index contributed by atoms with van der Waals surface area (Å²) >= 11 is 0. The predicted molar refractivity (Wildman–Crippen MR) is 128 cm³/mol. The van der Waals surface area contributed by atoms with Gasteiger partial charge in [-0.25, -0.2) is 26.6 Å². The molecule has 11 nitrogen and oxygen atoms in total. The lowest BCUT2D eigenvalue weighted by atomic mass is 10.1. The maximum absolute atomic E-state index is 13.3. The molecular formula is C23H22N4O7S2. The van der Waals surface area contributed by atoms with Crippen LogP contribution in [0.25, 0.3) is 11.1 Å². The molecule has 2 N–H and O–H groups in total. The van der Waals surface area contributed by atoms with Gasteiger partial charge in [-0.05, 0) is 53.9 Å².